The third kappa shape index (κ3) is 3.82. The van der Waals surface area contributed by atoms with Gasteiger partial charge in [0.15, 0.2) is 11.5 Å². The van der Waals surface area contributed by atoms with Gasteiger partial charge in [-0.1, -0.05) is 6.07 Å². The molecule has 4 rings (SSSR count). The molecular formula is C22H25N3O4. The minimum absolute atomic E-state index is 0.574. The predicted octanol–water partition coefficient (Wildman–Crippen LogP) is 4.78. The summed E-state index contributed by atoms with van der Waals surface area (Å²) in [6.07, 6.45) is 0.822. The first-order valence-corrected chi connectivity index (χ1v) is 9.47. The zero-order valence-corrected chi connectivity index (χ0v) is 16.8. The molecule has 0 spiro atoms. The van der Waals surface area contributed by atoms with Gasteiger partial charge in [-0.3, -0.25) is 10.2 Å². The van der Waals surface area contributed by atoms with Crippen LogP contribution in [0.2, 0.25) is 0 Å². The number of fused-ring (bicyclic) bond motifs is 3. The molecular weight excluding hydrogens is 370 g/mol. The van der Waals surface area contributed by atoms with Gasteiger partial charge < -0.3 is 24.3 Å². The van der Waals surface area contributed by atoms with Crippen molar-refractivity contribution in [2.24, 2.45) is 0 Å². The summed E-state index contributed by atoms with van der Waals surface area (Å²) < 4.78 is 21.8. The Morgan fingerprint density at radius 2 is 1.79 bits per heavy atom. The molecule has 2 aliphatic rings. The lowest BCUT2D eigenvalue weighted by atomic mass is 10.2. The van der Waals surface area contributed by atoms with E-state index in [2.05, 4.69) is 21.6 Å². The number of ether oxygens (including phenoxy) is 4. The van der Waals surface area contributed by atoms with E-state index in [1.54, 1.807) is 21.3 Å². The molecule has 0 bridgehead atoms. The highest BCUT2D eigenvalue weighted by molar-refractivity contribution is 6.05. The third-order valence-corrected chi connectivity index (χ3v) is 4.85. The van der Waals surface area contributed by atoms with E-state index in [1.807, 2.05) is 36.4 Å². The average Bonchev–Trinajstić information content (AvgIpc) is 3.30. The van der Waals surface area contributed by atoms with E-state index >= 15 is 0 Å². The number of H-pyrrole nitrogens is 2. The van der Waals surface area contributed by atoms with Gasteiger partial charge in [-0.25, -0.2) is 0 Å². The van der Waals surface area contributed by atoms with Crippen LogP contribution in [0.15, 0.2) is 42.5 Å². The Morgan fingerprint density at radius 3 is 2.59 bits per heavy atom. The molecule has 1 heterocycles. The lowest BCUT2D eigenvalue weighted by Crippen LogP contribution is -2.02. The van der Waals surface area contributed by atoms with Crippen LogP contribution in [-0.4, -0.2) is 44.7 Å². The highest BCUT2D eigenvalue weighted by Crippen LogP contribution is 2.43. The van der Waals surface area contributed by atoms with Crippen LogP contribution in [0.25, 0.3) is 22.0 Å². The lowest BCUT2D eigenvalue weighted by molar-refractivity contribution is 0.170. The summed E-state index contributed by atoms with van der Waals surface area (Å²) in [5, 5.41) is 12.0. The van der Waals surface area contributed by atoms with Gasteiger partial charge >= 0.3 is 0 Å². The highest BCUT2D eigenvalue weighted by Gasteiger charge is 2.19. The molecule has 1 aliphatic carbocycles. The van der Waals surface area contributed by atoms with Crippen LogP contribution >= 0.6 is 0 Å². The van der Waals surface area contributed by atoms with Gasteiger partial charge in [0.25, 0.3) is 0 Å². The Bertz CT molecular complexity index is 1070. The average molecular weight is 395 g/mol. The predicted molar refractivity (Wildman–Crippen MR) is 114 cm³/mol. The number of hydrogen-bond donors (Lipinski definition) is 3. The molecule has 152 valence electrons. The van der Waals surface area contributed by atoms with Crippen molar-refractivity contribution in [3.05, 3.63) is 42.5 Å². The van der Waals surface area contributed by atoms with Gasteiger partial charge in [0.2, 0.25) is 0 Å². The van der Waals surface area contributed by atoms with E-state index in [-0.39, 0.29) is 0 Å². The van der Waals surface area contributed by atoms with Crippen molar-refractivity contribution in [3.8, 4) is 28.5 Å². The Labute approximate surface area is 169 Å². The quantitative estimate of drug-likeness (QED) is 0.356. The second-order valence-electron chi connectivity index (χ2n) is 6.70. The summed E-state index contributed by atoms with van der Waals surface area (Å²) in [5.74, 6) is 3.12. The molecule has 2 aromatic rings. The Morgan fingerprint density at radius 1 is 0.897 bits per heavy atom. The van der Waals surface area contributed by atoms with Gasteiger partial charge in [0, 0.05) is 42.8 Å². The fourth-order valence-electron chi connectivity index (χ4n) is 3.41. The maximum atomic E-state index is 5.91. The molecule has 0 amide bonds. The number of aromatic nitrogens is 2. The van der Waals surface area contributed by atoms with Gasteiger partial charge in [-0.05, 0) is 35.7 Å². The summed E-state index contributed by atoms with van der Waals surface area (Å²) >= 11 is 0. The van der Waals surface area contributed by atoms with Gasteiger partial charge in [0.1, 0.15) is 11.6 Å². The molecule has 0 saturated heterocycles. The summed E-state index contributed by atoms with van der Waals surface area (Å²) in [7, 11) is 5.00. The second kappa shape index (κ2) is 8.36. The Balaban J connectivity index is 1.64. The van der Waals surface area contributed by atoms with E-state index < -0.39 is 0 Å². The van der Waals surface area contributed by atoms with Crippen molar-refractivity contribution >= 4 is 22.3 Å². The molecule has 3 N–H and O–H groups in total. The standard InChI is InChI=1S/C22H25N3O4/c1-26-8-5-9-29-20-11-14-10-18-21(17(14)13-19(20)28-3)24-25-22(18)23-15-6-4-7-16(12-15)27-2/h4,6-7,10-13,23-25H,5,8-9H2,1-3H3. The fraction of sp³-hybridized carbons (Fsp3) is 0.273. The highest BCUT2D eigenvalue weighted by atomic mass is 16.5. The molecule has 7 heteroatoms. The number of rotatable bonds is 9. The topological polar surface area (TPSA) is 80.5 Å². The number of nitrogens with one attached hydrogen (secondary N) is 3. The molecule has 0 unspecified atom stereocenters. The molecule has 7 nitrogen and oxygen atoms in total. The number of aromatic amines is 2. The van der Waals surface area contributed by atoms with Crippen LogP contribution in [0.3, 0.4) is 0 Å². The molecule has 2 aromatic carbocycles. The van der Waals surface area contributed by atoms with E-state index in [4.69, 9.17) is 18.9 Å². The summed E-state index contributed by atoms with van der Waals surface area (Å²) in [5.41, 5.74) is 3.00. The first-order valence-electron chi connectivity index (χ1n) is 9.47. The van der Waals surface area contributed by atoms with Crippen molar-refractivity contribution in [2.75, 3.05) is 39.9 Å². The van der Waals surface area contributed by atoms with Crippen LogP contribution in [0.5, 0.6) is 17.2 Å². The molecule has 0 radical (unpaired) electrons. The smallest absolute Gasteiger partial charge is 0.161 e. The molecule has 1 aliphatic heterocycles. The van der Waals surface area contributed by atoms with Crippen molar-refractivity contribution in [1.29, 1.82) is 0 Å². The molecule has 0 aromatic heterocycles. The van der Waals surface area contributed by atoms with Gasteiger partial charge in [-0.2, -0.15) is 0 Å². The first kappa shape index (κ1) is 19.0. The van der Waals surface area contributed by atoms with Crippen molar-refractivity contribution < 1.29 is 18.9 Å². The third-order valence-electron chi connectivity index (χ3n) is 4.85. The van der Waals surface area contributed by atoms with Crippen LogP contribution in [0.4, 0.5) is 11.5 Å². The minimum atomic E-state index is 0.574. The normalized spacial score (nSPS) is 11.1. The number of methoxy groups -OCH3 is 3. The number of anilines is 2. The van der Waals surface area contributed by atoms with Gasteiger partial charge in [0.05, 0.1) is 26.5 Å². The summed E-state index contributed by atoms with van der Waals surface area (Å²) in [6, 6.07) is 14.0. The molecule has 0 atom stereocenters. The lowest BCUT2D eigenvalue weighted by Gasteiger charge is -2.11. The van der Waals surface area contributed by atoms with Crippen LogP contribution in [0.1, 0.15) is 6.42 Å². The van der Waals surface area contributed by atoms with Crippen LogP contribution in [0, 0.1) is 0 Å². The fourth-order valence-corrected chi connectivity index (χ4v) is 3.41. The van der Waals surface area contributed by atoms with E-state index in [1.165, 1.54) is 0 Å². The minimum Gasteiger partial charge on any atom is -0.497 e. The van der Waals surface area contributed by atoms with E-state index in [0.29, 0.717) is 19.0 Å². The zero-order valence-electron chi connectivity index (χ0n) is 16.8. The molecule has 0 saturated carbocycles. The van der Waals surface area contributed by atoms with Crippen LogP contribution in [-0.2, 0) is 4.74 Å². The van der Waals surface area contributed by atoms with Crippen molar-refractivity contribution in [2.45, 2.75) is 6.42 Å². The maximum Gasteiger partial charge on any atom is 0.161 e. The largest absolute Gasteiger partial charge is 0.497 e. The molecule has 0 fully saturated rings. The van der Waals surface area contributed by atoms with E-state index in [0.717, 1.165) is 51.5 Å². The summed E-state index contributed by atoms with van der Waals surface area (Å²) in [6.45, 7) is 1.24. The van der Waals surface area contributed by atoms with Crippen LogP contribution < -0.4 is 19.5 Å². The Kier molecular flexibility index (Phi) is 5.48. The first-order chi connectivity index (χ1) is 14.2. The SMILES string of the molecule is COCCCOc1cc2cc3c(Nc4cccc(OC)c4)[nH][nH]c-3c2cc1OC. The van der Waals surface area contributed by atoms with E-state index in [9.17, 15) is 0 Å². The Hall–Kier alpha value is -3.32. The maximum absolute atomic E-state index is 5.91. The second-order valence-corrected chi connectivity index (χ2v) is 6.70. The monoisotopic (exact) mass is 395 g/mol. The molecule has 29 heavy (non-hydrogen) atoms. The van der Waals surface area contributed by atoms with Crippen molar-refractivity contribution in [3.63, 3.8) is 0 Å². The summed E-state index contributed by atoms with van der Waals surface area (Å²) in [4.78, 5) is 0. The number of hydrogen-bond acceptors (Lipinski definition) is 5. The van der Waals surface area contributed by atoms with Gasteiger partial charge in [-0.15, -0.1) is 0 Å². The number of benzene rings is 2. The van der Waals surface area contributed by atoms with Crippen molar-refractivity contribution in [1.82, 2.24) is 10.2 Å². The zero-order chi connectivity index (χ0) is 20.2.